The van der Waals surface area contributed by atoms with Crippen molar-refractivity contribution in [3.63, 3.8) is 0 Å². The van der Waals surface area contributed by atoms with Crippen molar-refractivity contribution in [2.45, 2.75) is 11.4 Å². The van der Waals surface area contributed by atoms with E-state index in [1.807, 2.05) is 6.07 Å². The minimum absolute atomic E-state index is 0.0989. The monoisotopic (exact) mass is 388 g/mol. The number of nitrogens with one attached hydrogen (secondary N) is 2. The van der Waals surface area contributed by atoms with Crippen molar-refractivity contribution in [3.8, 4) is 22.4 Å². The Balaban J connectivity index is 2.20. The molecule has 0 saturated carbocycles. The van der Waals surface area contributed by atoms with Crippen LogP contribution in [0.4, 0.5) is 4.79 Å². The number of rotatable bonds is 5. The lowest BCUT2D eigenvalue weighted by Crippen LogP contribution is -2.32. The lowest BCUT2D eigenvalue weighted by Gasteiger charge is -2.10. The second kappa shape index (κ2) is 7.58. The number of carbonyl (C=O) groups excluding carboxylic acids is 1. The molecule has 2 amide bonds. The van der Waals surface area contributed by atoms with Crippen LogP contribution in [0.25, 0.3) is 22.4 Å². The van der Waals surface area contributed by atoms with E-state index in [4.69, 9.17) is 14.9 Å². The predicted octanol–water partition coefficient (Wildman–Crippen LogP) is 1.84. The zero-order valence-corrected chi connectivity index (χ0v) is 14.7. The number of primary sulfonamides is 1. The summed E-state index contributed by atoms with van der Waals surface area (Å²) < 4.78 is 29.4. The standard InChI is InChI=1S/C17H16N4O5S/c18-27(24,25)14-9-5-4-8-12(14)15-13(10-19-17(22)20-23)26-21-16(15)11-6-2-1-3-7-11/h1-9,23H,10H2,(H2,18,24,25)(H2,19,20,22). The SMILES string of the molecule is NS(=O)(=O)c1ccccc1-c1c(-c2ccccc2)noc1CNC(=O)NO. The number of hydrogen-bond donors (Lipinski definition) is 4. The Hall–Kier alpha value is -3.21. The molecule has 0 unspecified atom stereocenters. The van der Waals surface area contributed by atoms with Gasteiger partial charge in [-0.2, -0.15) is 0 Å². The van der Waals surface area contributed by atoms with E-state index in [9.17, 15) is 13.2 Å². The van der Waals surface area contributed by atoms with E-state index in [1.165, 1.54) is 11.5 Å². The number of urea groups is 1. The normalized spacial score (nSPS) is 11.2. The molecule has 27 heavy (non-hydrogen) atoms. The van der Waals surface area contributed by atoms with Gasteiger partial charge in [-0.3, -0.25) is 5.21 Å². The number of sulfonamides is 1. The van der Waals surface area contributed by atoms with Crippen LogP contribution in [0.2, 0.25) is 0 Å². The topological polar surface area (TPSA) is 148 Å². The zero-order valence-electron chi connectivity index (χ0n) is 13.9. The molecular weight excluding hydrogens is 372 g/mol. The Kier molecular flexibility index (Phi) is 5.21. The number of amides is 2. The van der Waals surface area contributed by atoms with Gasteiger partial charge in [0.1, 0.15) is 5.69 Å². The number of nitrogens with two attached hydrogens (primary N) is 1. The van der Waals surface area contributed by atoms with Gasteiger partial charge in [0.15, 0.2) is 5.76 Å². The van der Waals surface area contributed by atoms with Crippen molar-refractivity contribution in [1.82, 2.24) is 16.0 Å². The lowest BCUT2D eigenvalue weighted by molar-refractivity contribution is 0.160. The maximum atomic E-state index is 12.0. The summed E-state index contributed by atoms with van der Waals surface area (Å²) in [5.74, 6) is 0.202. The summed E-state index contributed by atoms with van der Waals surface area (Å²) in [4.78, 5) is 11.2. The molecule has 0 spiro atoms. The van der Waals surface area contributed by atoms with Gasteiger partial charge in [-0.05, 0) is 6.07 Å². The van der Waals surface area contributed by atoms with Crippen LogP contribution in [-0.2, 0) is 16.6 Å². The summed E-state index contributed by atoms with van der Waals surface area (Å²) in [6.45, 7) is -0.138. The van der Waals surface area contributed by atoms with Gasteiger partial charge < -0.3 is 9.84 Å². The molecule has 0 saturated heterocycles. The zero-order chi connectivity index (χ0) is 19.4. The molecule has 1 heterocycles. The third-order valence-electron chi connectivity index (χ3n) is 3.78. The molecule has 5 N–H and O–H groups in total. The van der Waals surface area contributed by atoms with Crippen LogP contribution in [-0.4, -0.2) is 24.8 Å². The molecule has 9 nitrogen and oxygen atoms in total. The van der Waals surface area contributed by atoms with Gasteiger partial charge in [-0.25, -0.2) is 23.8 Å². The van der Waals surface area contributed by atoms with Gasteiger partial charge in [0.2, 0.25) is 10.0 Å². The van der Waals surface area contributed by atoms with E-state index >= 15 is 0 Å². The molecule has 0 aliphatic heterocycles. The van der Waals surface area contributed by atoms with Crippen molar-refractivity contribution in [2.75, 3.05) is 0 Å². The van der Waals surface area contributed by atoms with Crippen molar-refractivity contribution < 1.29 is 22.9 Å². The van der Waals surface area contributed by atoms with Crippen LogP contribution >= 0.6 is 0 Å². The fourth-order valence-corrected chi connectivity index (χ4v) is 3.38. The van der Waals surface area contributed by atoms with Crippen molar-refractivity contribution in [2.24, 2.45) is 5.14 Å². The molecule has 3 rings (SSSR count). The van der Waals surface area contributed by atoms with Crippen LogP contribution in [0.15, 0.2) is 64.0 Å². The fourth-order valence-electron chi connectivity index (χ4n) is 2.64. The Morgan fingerprint density at radius 1 is 1.11 bits per heavy atom. The van der Waals surface area contributed by atoms with Gasteiger partial charge in [0.05, 0.1) is 17.0 Å². The second-order valence-electron chi connectivity index (χ2n) is 5.53. The molecule has 10 heteroatoms. The van der Waals surface area contributed by atoms with Gasteiger partial charge in [-0.15, -0.1) is 0 Å². The number of aromatic nitrogens is 1. The summed E-state index contributed by atoms with van der Waals surface area (Å²) in [5, 5.41) is 20.4. The summed E-state index contributed by atoms with van der Waals surface area (Å²) in [5.41, 5.74) is 3.20. The van der Waals surface area contributed by atoms with Gasteiger partial charge in [0.25, 0.3) is 0 Å². The molecule has 3 aromatic rings. The number of benzene rings is 2. The smallest absolute Gasteiger partial charge is 0.338 e. The first-order chi connectivity index (χ1) is 12.9. The summed E-state index contributed by atoms with van der Waals surface area (Å²) in [6, 6.07) is 14.3. The maximum Gasteiger partial charge on any atom is 0.338 e. The summed E-state index contributed by atoms with van der Waals surface area (Å²) >= 11 is 0. The fraction of sp³-hybridized carbons (Fsp3) is 0.0588. The number of hydrogen-bond acceptors (Lipinski definition) is 6. The second-order valence-corrected chi connectivity index (χ2v) is 7.06. The Morgan fingerprint density at radius 3 is 2.44 bits per heavy atom. The van der Waals surface area contributed by atoms with Crippen molar-refractivity contribution in [3.05, 3.63) is 60.4 Å². The number of carbonyl (C=O) groups is 1. The molecule has 0 fully saturated rings. The van der Waals surface area contributed by atoms with Crippen LogP contribution in [0.3, 0.4) is 0 Å². The van der Waals surface area contributed by atoms with Gasteiger partial charge >= 0.3 is 6.03 Å². The third kappa shape index (κ3) is 3.97. The van der Waals surface area contributed by atoms with E-state index in [0.29, 0.717) is 22.4 Å². The Bertz CT molecular complexity index is 1060. The first-order valence-electron chi connectivity index (χ1n) is 7.76. The van der Waals surface area contributed by atoms with E-state index in [1.54, 1.807) is 42.5 Å². The highest BCUT2D eigenvalue weighted by molar-refractivity contribution is 7.89. The molecule has 0 bridgehead atoms. The van der Waals surface area contributed by atoms with E-state index in [-0.39, 0.29) is 17.2 Å². The predicted molar refractivity (Wildman–Crippen MR) is 95.9 cm³/mol. The molecule has 0 atom stereocenters. The van der Waals surface area contributed by atoms with Gasteiger partial charge in [0, 0.05) is 11.1 Å². The van der Waals surface area contributed by atoms with Crippen LogP contribution < -0.4 is 15.9 Å². The molecule has 2 aromatic carbocycles. The summed E-state index contributed by atoms with van der Waals surface area (Å²) in [6.07, 6.45) is 0. The average molecular weight is 388 g/mol. The third-order valence-corrected chi connectivity index (χ3v) is 4.75. The molecule has 0 aliphatic rings. The quantitative estimate of drug-likeness (QED) is 0.387. The highest BCUT2D eigenvalue weighted by Crippen LogP contribution is 2.37. The minimum Gasteiger partial charge on any atom is -0.358 e. The molecule has 140 valence electrons. The largest absolute Gasteiger partial charge is 0.358 e. The van der Waals surface area contributed by atoms with E-state index < -0.39 is 16.1 Å². The number of nitrogens with zero attached hydrogens (tertiary/aromatic N) is 1. The highest BCUT2D eigenvalue weighted by Gasteiger charge is 2.24. The highest BCUT2D eigenvalue weighted by atomic mass is 32.2. The average Bonchev–Trinajstić information content (AvgIpc) is 3.10. The van der Waals surface area contributed by atoms with Crippen LogP contribution in [0.5, 0.6) is 0 Å². The number of hydroxylamine groups is 1. The molecule has 0 aliphatic carbocycles. The summed E-state index contributed by atoms with van der Waals surface area (Å²) in [7, 11) is -4.02. The van der Waals surface area contributed by atoms with Crippen molar-refractivity contribution in [1.29, 1.82) is 0 Å². The van der Waals surface area contributed by atoms with E-state index in [0.717, 1.165) is 0 Å². The van der Waals surface area contributed by atoms with E-state index in [2.05, 4.69) is 10.5 Å². The maximum absolute atomic E-state index is 12.0. The van der Waals surface area contributed by atoms with Crippen LogP contribution in [0.1, 0.15) is 5.76 Å². The minimum atomic E-state index is -4.02. The molecular formula is C17H16N4O5S. The van der Waals surface area contributed by atoms with Gasteiger partial charge in [-0.1, -0.05) is 53.7 Å². The lowest BCUT2D eigenvalue weighted by atomic mass is 9.99. The Labute approximate surface area is 154 Å². The first kappa shape index (κ1) is 18.6. The first-order valence-corrected chi connectivity index (χ1v) is 9.30. The Morgan fingerprint density at radius 2 is 1.78 bits per heavy atom. The van der Waals surface area contributed by atoms with Crippen LogP contribution in [0, 0.1) is 0 Å². The molecule has 0 radical (unpaired) electrons. The van der Waals surface area contributed by atoms with Crippen molar-refractivity contribution >= 4 is 16.1 Å². The molecule has 1 aromatic heterocycles.